The van der Waals surface area contributed by atoms with Gasteiger partial charge in [-0.05, 0) is 74.0 Å². The molecule has 1 fully saturated rings. The Kier molecular flexibility index (Phi) is 9.61. The van der Waals surface area contributed by atoms with Gasteiger partial charge >= 0.3 is 5.97 Å². The van der Waals surface area contributed by atoms with E-state index in [0.717, 1.165) is 38.5 Å². The molecule has 210 valence electrons. The molecule has 1 aliphatic carbocycles. The van der Waals surface area contributed by atoms with Gasteiger partial charge in [-0.25, -0.2) is 4.79 Å². The van der Waals surface area contributed by atoms with Gasteiger partial charge < -0.3 is 35.5 Å². The second-order valence-corrected chi connectivity index (χ2v) is 10.3. The van der Waals surface area contributed by atoms with Gasteiger partial charge in [-0.2, -0.15) is 0 Å². The summed E-state index contributed by atoms with van der Waals surface area (Å²) in [5.74, 6) is -1.01. The molecule has 9 heteroatoms. The lowest BCUT2D eigenvalue weighted by Crippen LogP contribution is -2.43. The van der Waals surface area contributed by atoms with Gasteiger partial charge in [-0.3, -0.25) is 4.79 Å². The smallest absolute Gasteiger partial charge is 0.340 e. The predicted octanol–water partition coefficient (Wildman–Crippen LogP) is 3.96. The SMILES string of the molecule is O=C(O)C(O)(c1cccc(OCCCCCNC[C@H](O)c2ccc(O)c3[nH]c(=O)ccc23)c1)C1CCCCC1. The quantitative estimate of drug-likeness (QED) is 0.179. The van der Waals surface area contributed by atoms with Crippen LogP contribution in [0.2, 0.25) is 0 Å². The molecule has 0 bridgehead atoms. The zero-order valence-corrected chi connectivity index (χ0v) is 22.1. The van der Waals surface area contributed by atoms with E-state index in [1.165, 1.54) is 12.1 Å². The van der Waals surface area contributed by atoms with E-state index in [1.54, 1.807) is 36.4 Å². The molecule has 0 saturated heterocycles. The number of aromatic amines is 1. The number of carboxylic acids is 1. The van der Waals surface area contributed by atoms with E-state index in [9.17, 15) is 30.0 Å². The molecule has 39 heavy (non-hydrogen) atoms. The highest BCUT2D eigenvalue weighted by Crippen LogP contribution is 2.40. The summed E-state index contributed by atoms with van der Waals surface area (Å²) in [6.07, 6.45) is 6.11. The van der Waals surface area contributed by atoms with Gasteiger partial charge in [0.2, 0.25) is 5.56 Å². The van der Waals surface area contributed by atoms with Gasteiger partial charge in [0.25, 0.3) is 0 Å². The lowest BCUT2D eigenvalue weighted by Gasteiger charge is -2.35. The Balaban J connectivity index is 1.20. The number of ether oxygens (including phenoxy) is 1. The summed E-state index contributed by atoms with van der Waals surface area (Å²) >= 11 is 0. The van der Waals surface area contributed by atoms with Crippen LogP contribution >= 0.6 is 0 Å². The van der Waals surface area contributed by atoms with E-state index in [0.29, 0.717) is 60.3 Å². The van der Waals surface area contributed by atoms with E-state index in [1.807, 2.05) is 0 Å². The number of fused-ring (bicyclic) bond motifs is 1. The molecule has 9 nitrogen and oxygen atoms in total. The summed E-state index contributed by atoms with van der Waals surface area (Å²) in [5, 5.41) is 45.5. The van der Waals surface area contributed by atoms with Crippen LogP contribution in [0.3, 0.4) is 0 Å². The number of aromatic hydroxyl groups is 1. The van der Waals surface area contributed by atoms with Gasteiger partial charge in [0.05, 0.1) is 18.2 Å². The second-order valence-electron chi connectivity index (χ2n) is 10.3. The Hall–Kier alpha value is -3.40. The number of aliphatic hydroxyl groups is 2. The van der Waals surface area contributed by atoms with Crippen LogP contribution in [-0.2, 0) is 10.4 Å². The normalized spacial score (nSPS) is 16.6. The molecule has 0 amide bonds. The number of phenols is 1. The van der Waals surface area contributed by atoms with Gasteiger partial charge in [-0.15, -0.1) is 0 Å². The van der Waals surface area contributed by atoms with Gasteiger partial charge in [0.15, 0.2) is 5.60 Å². The fraction of sp³-hybridized carbons (Fsp3) is 0.467. The fourth-order valence-corrected chi connectivity index (χ4v) is 5.49. The van der Waals surface area contributed by atoms with Crippen LogP contribution in [0.4, 0.5) is 0 Å². The average Bonchev–Trinajstić information content (AvgIpc) is 2.94. The summed E-state index contributed by atoms with van der Waals surface area (Å²) in [4.78, 5) is 26.3. The van der Waals surface area contributed by atoms with Gasteiger partial charge in [-0.1, -0.05) is 37.5 Å². The molecule has 0 aliphatic heterocycles. The van der Waals surface area contributed by atoms with Crippen LogP contribution in [0.5, 0.6) is 11.5 Å². The molecule has 0 radical (unpaired) electrons. The van der Waals surface area contributed by atoms with E-state index in [4.69, 9.17) is 4.74 Å². The first kappa shape index (κ1) is 28.6. The molecule has 1 aliphatic rings. The molecule has 3 aromatic rings. The number of pyridine rings is 1. The number of aliphatic hydroxyl groups excluding tert-OH is 1. The van der Waals surface area contributed by atoms with Crippen molar-refractivity contribution in [2.75, 3.05) is 19.7 Å². The third-order valence-electron chi connectivity index (χ3n) is 7.67. The largest absolute Gasteiger partial charge is 0.506 e. The molecule has 6 N–H and O–H groups in total. The zero-order valence-electron chi connectivity index (χ0n) is 22.1. The first-order valence-corrected chi connectivity index (χ1v) is 13.7. The summed E-state index contributed by atoms with van der Waals surface area (Å²) in [5.41, 5.74) is -0.915. The van der Waals surface area contributed by atoms with Crippen molar-refractivity contribution < 1.29 is 30.0 Å². The van der Waals surface area contributed by atoms with Crippen molar-refractivity contribution >= 4 is 16.9 Å². The number of benzene rings is 2. The van der Waals surface area contributed by atoms with E-state index in [2.05, 4.69) is 10.3 Å². The Morgan fingerprint density at radius 1 is 1.08 bits per heavy atom. The minimum Gasteiger partial charge on any atom is -0.506 e. The van der Waals surface area contributed by atoms with Crippen molar-refractivity contribution in [2.45, 2.75) is 63.1 Å². The van der Waals surface area contributed by atoms with E-state index < -0.39 is 17.7 Å². The van der Waals surface area contributed by atoms with Crippen molar-refractivity contribution in [3.63, 3.8) is 0 Å². The van der Waals surface area contributed by atoms with E-state index in [-0.39, 0.29) is 17.2 Å². The highest BCUT2D eigenvalue weighted by Gasteiger charge is 2.46. The number of unbranched alkanes of at least 4 members (excludes halogenated alkanes) is 2. The predicted molar refractivity (Wildman–Crippen MR) is 148 cm³/mol. The van der Waals surface area contributed by atoms with Gasteiger partial charge in [0, 0.05) is 23.9 Å². The minimum absolute atomic E-state index is 0.0395. The number of nitrogens with one attached hydrogen (secondary N) is 2. The van der Waals surface area contributed by atoms with Crippen molar-refractivity contribution in [3.05, 3.63) is 70.0 Å². The third kappa shape index (κ3) is 6.79. The Labute approximate surface area is 227 Å². The van der Waals surface area contributed by atoms with Crippen molar-refractivity contribution in [1.82, 2.24) is 10.3 Å². The zero-order chi connectivity index (χ0) is 27.8. The lowest BCUT2D eigenvalue weighted by molar-refractivity contribution is -0.168. The van der Waals surface area contributed by atoms with Crippen LogP contribution in [0.15, 0.2) is 53.3 Å². The monoisotopic (exact) mass is 538 g/mol. The van der Waals surface area contributed by atoms with Crippen LogP contribution < -0.4 is 15.6 Å². The Bertz CT molecular complexity index is 1320. The second kappa shape index (κ2) is 13.1. The molecular formula is C30H38N2O7. The Morgan fingerprint density at radius 3 is 2.64 bits per heavy atom. The molecule has 1 unspecified atom stereocenters. The van der Waals surface area contributed by atoms with Crippen LogP contribution in [-0.4, -0.2) is 51.1 Å². The number of carbonyl (C=O) groups is 1. The molecule has 2 atom stereocenters. The maximum Gasteiger partial charge on any atom is 0.340 e. The fourth-order valence-electron chi connectivity index (χ4n) is 5.49. The van der Waals surface area contributed by atoms with E-state index >= 15 is 0 Å². The highest BCUT2D eigenvalue weighted by atomic mass is 16.5. The first-order valence-electron chi connectivity index (χ1n) is 13.7. The molecular weight excluding hydrogens is 500 g/mol. The standard InChI is InChI=1S/C30H38N2O7/c33-25-14-12-23(24-13-15-27(35)32-28(24)25)26(34)19-31-16-5-2-6-17-39-22-11-7-10-21(18-22)30(38,29(36)37)20-8-3-1-4-9-20/h7,10-15,18,20,26,31,33-34,38H,1-6,8-9,16-17,19H2,(H,32,35)(H,36,37)/t26-,30?/m0/s1. The summed E-state index contributed by atoms with van der Waals surface area (Å²) < 4.78 is 5.86. The maximum absolute atomic E-state index is 12.1. The Morgan fingerprint density at radius 2 is 1.87 bits per heavy atom. The summed E-state index contributed by atoms with van der Waals surface area (Å²) in [6, 6.07) is 12.9. The number of hydrogen-bond acceptors (Lipinski definition) is 7. The molecule has 1 saturated carbocycles. The molecule has 2 aromatic carbocycles. The lowest BCUT2D eigenvalue weighted by atomic mass is 9.73. The average molecular weight is 539 g/mol. The molecule has 4 rings (SSSR count). The highest BCUT2D eigenvalue weighted by molar-refractivity contribution is 5.87. The number of hydrogen-bond donors (Lipinski definition) is 6. The van der Waals surface area contributed by atoms with Crippen molar-refractivity contribution in [2.24, 2.45) is 5.92 Å². The topological polar surface area (TPSA) is 152 Å². The third-order valence-corrected chi connectivity index (χ3v) is 7.67. The van der Waals surface area contributed by atoms with Gasteiger partial charge in [0.1, 0.15) is 11.5 Å². The molecule has 1 aromatic heterocycles. The number of phenolic OH excluding ortho intramolecular Hbond substituents is 1. The maximum atomic E-state index is 12.1. The molecule has 1 heterocycles. The number of rotatable bonds is 13. The van der Waals surface area contributed by atoms with Crippen LogP contribution in [0, 0.1) is 5.92 Å². The number of carboxylic acid groups (broad SMARTS) is 1. The minimum atomic E-state index is -1.90. The first-order chi connectivity index (χ1) is 18.8. The number of H-pyrrole nitrogens is 1. The van der Waals surface area contributed by atoms with Crippen molar-refractivity contribution in [3.8, 4) is 11.5 Å². The van der Waals surface area contributed by atoms with Crippen LogP contribution in [0.1, 0.15) is 68.6 Å². The number of aromatic nitrogens is 1. The van der Waals surface area contributed by atoms with Crippen molar-refractivity contribution in [1.29, 1.82) is 0 Å². The number of aliphatic carboxylic acids is 1. The summed E-state index contributed by atoms with van der Waals surface area (Å²) in [6.45, 7) is 1.50. The summed E-state index contributed by atoms with van der Waals surface area (Å²) in [7, 11) is 0. The van der Waals surface area contributed by atoms with Crippen LogP contribution in [0.25, 0.3) is 10.9 Å². The molecule has 0 spiro atoms.